The van der Waals surface area contributed by atoms with E-state index in [1.807, 2.05) is 56.4 Å². The summed E-state index contributed by atoms with van der Waals surface area (Å²) >= 11 is 0. The van der Waals surface area contributed by atoms with Crippen LogP contribution in [-0.2, 0) is 7.05 Å². The molecule has 25 heavy (non-hydrogen) atoms. The van der Waals surface area contributed by atoms with Crippen molar-refractivity contribution in [1.82, 2.24) is 20.1 Å². The number of amides is 1. The van der Waals surface area contributed by atoms with Crippen LogP contribution in [0, 0.1) is 0 Å². The highest BCUT2D eigenvalue weighted by molar-refractivity contribution is 5.96. The molecule has 0 unspecified atom stereocenters. The van der Waals surface area contributed by atoms with E-state index in [4.69, 9.17) is 4.74 Å². The molecule has 0 fully saturated rings. The van der Waals surface area contributed by atoms with E-state index in [2.05, 4.69) is 15.5 Å². The van der Waals surface area contributed by atoms with Crippen molar-refractivity contribution in [3.05, 3.63) is 66.2 Å². The fraction of sp³-hybridized carbons (Fsp3) is 0.211. The summed E-state index contributed by atoms with van der Waals surface area (Å²) in [5.41, 5.74) is 2.44. The summed E-state index contributed by atoms with van der Waals surface area (Å²) in [7, 11) is 3.47. The quantitative estimate of drug-likeness (QED) is 0.778. The van der Waals surface area contributed by atoms with Crippen molar-refractivity contribution in [2.45, 2.75) is 13.0 Å². The first-order valence-corrected chi connectivity index (χ1v) is 7.98. The Bertz CT molecular complexity index is 874. The van der Waals surface area contributed by atoms with Crippen LogP contribution in [0.1, 0.15) is 29.1 Å². The number of carbonyl (C=O) groups excluding carboxylic acids is 1. The summed E-state index contributed by atoms with van der Waals surface area (Å²) in [6.45, 7) is 1.88. The van der Waals surface area contributed by atoms with Crippen LogP contribution >= 0.6 is 0 Å². The van der Waals surface area contributed by atoms with Gasteiger partial charge in [-0.05, 0) is 30.7 Å². The molecular weight excluding hydrogens is 316 g/mol. The highest BCUT2D eigenvalue weighted by Crippen LogP contribution is 2.30. The zero-order valence-electron chi connectivity index (χ0n) is 14.4. The molecule has 6 nitrogen and oxygen atoms in total. The molecule has 0 saturated heterocycles. The molecule has 1 N–H and O–H groups in total. The summed E-state index contributed by atoms with van der Waals surface area (Å²) in [6, 6.07) is 15.0. The third-order valence-corrected chi connectivity index (χ3v) is 4.03. The first kappa shape index (κ1) is 16.7. The number of benzene rings is 2. The standard InChI is InChI=1S/C19H20N4O2/c1-13(18-22-20-12-23(18)2)21-19(24)15-9-10-17(25-3)16(11-15)14-7-5-4-6-8-14/h4-13H,1-3H3,(H,21,24)/t13-/m1/s1. The van der Waals surface area contributed by atoms with Gasteiger partial charge in [0.15, 0.2) is 5.82 Å². The smallest absolute Gasteiger partial charge is 0.251 e. The van der Waals surface area contributed by atoms with Crippen molar-refractivity contribution in [2.75, 3.05) is 7.11 Å². The van der Waals surface area contributed by atoms with E-state index < -0.39 is 0 Å². The zero-order chi connectivity index (χ0) is 17.8. The van der Waals surface area contributed by atoms with Crippen molar-refractivity contribution >= 4 is 5.91 Å². The van der Waals surface area contributed by atoms with Crippen LogP contribution in [-0.4, -0.2) is 27.8 Å². The van der Waals surface area contributed by atoms with Gasteiger partial charge in [0.25, 0.3) is 5.91 Å². The first-order valence-electron chi connectivity index (χ1n) is 7.98. The highest BCUT2D eigenvalue weighted by atomic mass is 16.5. The Hall–Kier alpha value is -3.15. The number of hydrogen-bond acceptors (Lipinski definition) is 4. The summed E-state index contributed by atoms with van der Waals surface area (Å²) in [4.78, 5) is 12.6. The second kappa shape index (κ2) is 7.17. The lowest BCUT2D eigenvalue weighted by Crippen LogP contribution is -2.28. The third-order valence-electron chi connectivity index (χ3n) is 4.03. The lowest BCUT2D eigenvalue weighted by atomic mass is 10.0. The molecular formula is C19H20N4O2. The summed E-state index contributed by atoms with van der Waals surface area (Å²) < 4.78 is 7.22. The molecule has 0 bridgehead atoms. The zero-order valence-corrected chi connectivity index (χ0v) is 14.4. The van der Waals surface area contributed by atoms with Crippen molar-refractivity contribution in [3.63, 3.8) is 0 Å². The molecule has 128 valence electrons. The molecule has 0 aliphatic carbocycles. The average Bonchev–Trinajstić information content (AvgIpc) is 3.08. The van der Waals surface area contributed by atoms with Gasteiger partial charge in [0.2, 0.25) is 0 Å². The molecule has 6 heteroatoms. The fourth-order valence-corrected chi connectivity index (χ4v) is 2.72. The Kier molecular flexibility index (Phi) is 4.79. The van der Waals surface area contributed by atoms with E-state index in [0.717, 1.165) is 16.9 Å². The molecule has 1 atom stereocenters. The summed E-state index contributed by atoms with van der Waals surface area (Å²) in [5, 5.41) is 10.8. The Morgan fingerprint density at radius 1 is 1.20 bits per heavy atom. The lowest BCUT2D eigenvalue weighted by molar-refractivity contribution is 0.0938. The monoisotopic (exact) mass is 336 g/mol. The number of hydrogen-bond donors (Lipinski definition) is 1. The number of methoxy groups -OCH3 is 1. The van der Waals surface area contributed by atoms with Gasteiger partial charge in [-0.25, -0.2) is 0 Å². The highest BCUT2D eigenvalue weighted by Gasteiger charge is 2.17. The number of rotatable bonds is 5. The van der Waals surface area contributed by atoms with Crippen LogP contribution in [0.25, 0.3) is 11.1 Å². The number of aromatic nitrogens is 3. The Morgan fingerprint density at radius 2 is 1.96 bits per heavy atom. The van der Waals surface area contributed by atoms with Gasteiger partial charge in [-0.1, -0.05) is 30.3 Å². The SMILES string of the molecule is COc1ccc(C(=O)N[C@H](C)c2nncn2C)cc1-c1ccccc1. The summed E-state index contributed by atoms with van der Waals surface area (Å²) in [6.07, 6.45) is 1.61. The molecule has 0 aliphatic rings. The van der Waals surface area contributed by atoms with Crippen LogP contribution in [0.4, 0.5) is 0 Å². The van der Waals surface area contributed by atoms with Gasteiger partial charge in [0, 0.05) is 18.2 Å². The van der Waals surface area contributed by atoms with Gasteiger partial charge in [0.1, 0.15) is 12.1 Å². The van der Waals surface area contributed by atoms with E-state index in [-0.39, 0.29) is 11.9 Å². The number of carbonyl (C=O) groups is 1. The van der Waals surface area contributed by atoms with Gasteiger partial charge >= 0.3 is 0 Å². The molecule has 2 aromatic carbocycles. The van der Waals surface area contributed by atoms with Gasteiger partial charge in [0.05, 0.1) is 13.2 Å². The molecule has 1 aromatic heterocycles. The van der Waals surface area contributed by atoms with Crippen LogP contribution in [0.2, 0.25) is 0 Å². The third kappa shape index (κ3) is 3.52. The maximum atomic E-state index is 12.6. The minimum Gasteiger partial charge on any atom is -0.496 e. The molecule has 0 radical (unpaired) electrons. The van der Waals surface area contributed by atoms with Crippen molar-refractivity contribution in [2.24, 2.45) is 7.05 Å². The molecule has 3 aromatic rings. The minimum atomic E-state index is -0.248. The van der Waals surface area contributed by atoms with Crippen molar-refractivity contribution in [3.8, 4) is 16.9 Å². The fourth-order valence-electron chi connectivity index (χ4n) is 2.72. The van der Waals surface area contributed by atoms with E-state index in [1.165, 1.54) is 0 Å². The van der Waals surface area contributed by atoms with E-state index in [0.29, 0.717) is 11.4 Å². The van der Waals surface area contributed by atoms with Gasteiger partial charge in [-0.15, -0.1) is 10.2 Å². The maximum absolute atomic E-state index is 12.6. The molecule has 0 saturated carbocycles. The van der Waals surface area contributed by atoms with Crippen LogP contribution in [0.5, 0.6) is 5.75 Å². The Morgan fingerprint density at radius 3 is 2.60 bits per heavy atom. The largest absolute Gasteiger partial charge is 0.496 e. The second-order valence-corrected chi connectivity index (χ2v) is 5.78. The maximum Gasteiger partial charge on any atom is 0.251 e. The number of nitrogens with zero attached hydrogens (tertiary/aromatic N) is 3. The predicted molar refractivity (Wildman–Crippen MR) is 95.3 cm³/mol. The second-order valence-electron chi connectivity index (χ2n) is 5.78. The van der Waals surface area contributed by atoms with Crippen LogP contribution in [0.3, 0.4) is 0 Å². The van der Waals surface area contributed by atoms with Gasteiger partial charge < -0.3 is 14.6 Å². The number of nitrogens with one attached hydrogen (secondary N) is 1. The van der Waals surface area contributed by atoms with E-state index >= 15 is 0 Å². The summed E-state index contributed by atoms with van der Waals surface area (Å²) in [5.74, 6) is 1.25. The number of ether oxygens (including phenoxy) is 1. The lowest BCUT2D eigenvalue weighted by Gasteiger charge is -2.15. The van der Waals surface area contributed by atoms with Crippen LogP contribution in [0.15, 0.2) is 54.9 Å². The van der Waals surface area contributed by atoms with E-state index in [1.54, 1.807) is 24.1 Å². The number of aryl methyl sites for hydroxylation is 1. The van der Waals surface area contributed by atoms with Crippen molar-refractivity contribution in [1.29, 1.82) is 0 Å². The first-order chi connectivity index (χ1) is 12.1. The van der Waals surface area contributed by atoms with Crippen molar-refractivity contribution < 1.29 is 9.53 Å². The Balaban J connectivity index is 1.87. The van der Waals surface area contributed by atoms with Gasteiger partial charge in [-0.3, -0.25) is 4.79 Å². The average molecular weight is 336 g/mol. The van der Waals surface area contributed by atoms with Gasteiger partial charge in [-0.2, -0.15) is 0 Å². The molecule has 0 aliphatic heterocycles. The predicted octanol–water partition coefficient (Wildman–Crippen LogP) is 2.98. The minimum absolute atomic E-state index is 0.171. The Labute approximate surface area is 146 Å². The normalized spacial score (nSPS) is 11.8. The molecule has 3 rings (SSSR count). The molecule has 1 heterocycles. The van der Waals surface area contributed by atoms with Crippen LogP contribution < -0.4 is 10.1 Å². The topological polar surface area (TPSA) is 69.0 Å². The van der Waals surface area contributed by atoms with E-state index in [9.17, 15) is 4.79 Å². The molecule has 1 amide bonds. The molecule has 0 spiro atoms.